The molecule has 3 N–H and O–H groups in total. The molecule has 2 aliphatic carbocycles. The van der Waals surface area contributed by atoms with Crippen LogP contribution in [-0.4, -0.2) is 41.3 Å². The van der Waals surface area contributed by atoms with E-state index < -0.39 is 23.6 Å². The van der Waals surface area contributed by atoms with Gasteiger partial charge in [0.1, 0.15) is 12.6 Å². The Kier molecular flexibility index (Phi) is 6.91. The summed E-state index contributed by atoms with van der Waals surface area (Å²) in [5.74, 6) is -1.64. The van der Waals surface area contributed by atoms with Crippen LogP contribution in [0.25, 0.3) is 11.1 Å². The van der Waals surface area contributed by atoms with Gasteiger partial charge in [0, 0.05) is 12.3 Å². The molecule has 180 valence electrons. The highest BCUT2D eigenvalue weighted by Gasteiger charge is 2.42. The third-order valence-corrected chi connectivity index (χ3v) is 7.32. The van der Waals surface area contributed by atoms with Crippen LogP contribution in [0.5, 0.6) is 0 Å². The topological polar surface area (TPSA) is 105 Å². The Hall–Kier alpha value is -3.35. The van der Waals surface area contributed by atoms with Crippen molar-refractivity contribution >= 4 is 18.0 Å². The molecule has 7 nitrogen and oxygen atoms in total. The number of benzene rings is 2. The van der Waals surface area contributed by atoms with Crippen LogP contribution < -0.4 is 10.6 Å². The van der Waals surface area contributed by atoms with Crippen molar-refractivity contribution in [3.8, 4) is 11.1 Å². The minimum atomic E-state index is -1.05. The summed E-state index contributed by atoms with van der Waals surface area (Å²) in [6.45, 7) is 3.89. The van der Waals surface area contributed by atoms with Crippen molar-refractivity contribution in [3.63, 3.8) is 0 Å². The maximum Gasteiger partial charge on any atom is 0.407 e. The molecule has 0 heterocycles. The Labute approximate surface area is 199 Å². The van der Waals surface area contributed by atoms with Gasteiger partial charge in [-0.1, -0.05) is 68.8 Å². The summed E-state index contributed by atoms with van der Waals surface area (Å²) in [4.78, 5) is 36.9. The van der Waals surface area contributed by atoms with Crippen molar-refractivity contribution in [2.45, 2.75) is 63.5 Å². The molecule has 0 bridgehead atoms. The lowest BCUT2D eigenvalue weighted by Gasteiger charge is -2.42. The largest absolute Gasteiger partial charge is 0.480 e. The summed E-state index contributed by atoms with van der Waals surface area (Å²) >= 11 is 0. The second kappa shape index (κ2) is 9.87. The molecule has 0 radical (unpaired) electrons. The van der Waals surface area contributed by atoms with Gasteiger partial charge in [-0.3, -0.25) is 4.79 Å². The Balaban J connectivity index is 1.37. The van der Waals surface area contributed by atoms with Gasteiger partial charge in [0.2, 0.25) is 5.91 Å². The molecule has 2 aromatic carbocycles. The highest BCUT2D eigenvalue weighted by atomic mass is 16.5. The predicted octanol–water partition coefficient (Wildman–Crippen LogP) is 4.45. The van der Waals surface area contributed by atoms with E-state index in [2.05, 4.69) is 34.9 Å². The first kappa shape index (κ1) is 23.8. The molecule has 4 rings (SSSR count). The van der Waals surface area contributed by atoms with E-state index in [1.165, 1.54) is 0 Å². The Morgan fingerprint density at radius 2 is 1.65 bits per heavy atom. The SMILES string of the molecule is CCC(C)C(NC(=O)CC1(NC(=O)OCC2c3ccccc3-c3ccccc32)CCC1)C(=O)O. The smallest absolute Gasteiger partial charge is 0.407 e. The molecule has 7 heteroatoms. The molecule has 0 aliphatic heterocycles. The lowest BCUT2D eigenvalue weighted by atomic mass is 9.74. The third kappa shape index (κ3) is 4.79. The summed E-state index contributed by atoms with van der Waals surface area (Å²) in [5.41, 5.74) is 3.91. The van der Waals surface area contributed by atoms with E-state index in [0.717, 1.165) is 28.7 Å². The third-order valence-electron chi connectivity index (χ3n) is 7.32. The quantitative estimate of drug-likeness (QED) is 0.508. The van der Waals surface area contributed by atoms with Gasteiger partial charge in [-0.25, -0.2) is 9.59 Å². The number of hydrogen-bond donors (Lipinski definition) is 3. The first-order valence-corrected chi connectivity index (χ1v) is 12.0. The second-order valence-electron chi connectivity index (χ2n) is 9.53. The first-order valence-electron chi connectivity index (χ1n) is 12.0. The molecule has 2 aliphatic rings. The average Bonchev–Trinajstić information content (AvgIpc) is 3.13. The van der Waals surface area contributed by atoms with Crippen LogP contribution in [0.15, 0.2) is 48.5 Å². The van der Waals surface area contributed by atoms with Crippen molar-refractivity contribution in [2.75, 3.05) is 6.61 Å². The van der Waals surface area contributed by atoms with Gasteiger partial charge >= 0.3 is 12.1 Å². The molecule has 0 aromatic heterocycles. The zero-order valence-electron chi connectivity index (χ0n) is 19.7. The van der Waals surface area contributed by atoms with Gasteiger partial charge in [-0.15, -0.1) is 0 Å². The van der Waals surface area contributed by atoms with E-state index in [1.54, 1.807) is 6.92 Å². The summed E-state index contributed by atoms with van der Waals surface area (Å²) < 4.78 is 5.65. The van der Waals surface area contributed by atoms with E-state index in [1.807, 2.05) is 31.2 Å². The van der Waals surface area contributed by atoms with Crippen LogP contribution in [0.4, 0.5) is 4.79 Å². The van der Waals surface area contributed by atoms with E-state index in [9.17, 15) is 19.5 Å². The number of carboxylic acids is 1. The molecule has 2 atom stereocenters. The molecule has 34 heavy (non-hydrogen) atoms. The van der Waals surface area contributed by atoms with Crippen LogP contribution in [0, 0.1) is 5.92 Å². The van der Waals surface area contributed by atoms with Crippen LogP contribution in [-0.2, 0) is 14.3 Å². The molecule has 0 spiro atoms. The number of carbonyl (C=O) groups is 3. The molecule has 2 unspecified atom stereocenters. The molecule has 2 amide bonds. The molecule has 2 aromatic rings. The summed E-state index contributed by atoms with van der Waals surface area (Å²) in [5, 5.41) is 15.0. The van der Waals surface area contributed by atoms with Gasteiger partial charge in [0.25, 0.3) is 0 Å². The fourth-order valence-electron chi connectivity index (χ4n) is 5.02. The number of nitrogens with one attached hydrogen (secondary N) is 2. The van der Waals surface area contributed by atoms with Crippen LogP contribution in [0.2, 0.25) is 0 Å². The highest BCUT2D eigenvalue weighted by Crippen LogP contribution is 2.44. The Bertz CT molecular complexity index is 1030. The first-order chi connectivity index (χ1) is 16.3. The number of ether oxygens (including phenoxy) is 1. The molecule has 1 fully saturated rings. The van der Waals surface area contributed by atoms with Gasteiger partial charge in [-0.2, -0.15) is 0 Å². The normalized spacial score (nSPS) is 17.5. The average molecular weight is 465 g/mol. The van der Waals surface area contributed by atoms with Crippen LogP contribution in [0.1, 0.15) is 63.0 Å². The number of alkyl carbamates (subject to hydrolysis) is 1. The summed E-state index contributed by atoms with van der Waals surface area (Å²) in [6.07, 6.45) is 2.34. The minimum absolute atomic E-state index is 0.0364. The standard InChI is InChI=1S/C27H32N2O5/c1-3-17(2)24(25(31)32)28-23(30)15-27(13-8-14-27)29-26(33)34-16-22-20-11-6-4-9-18(20)19-10-5-7-12-21(19)22/h4-7,9-12,17,22,24H,3,8,13-16H2,1-2H3,(H,28,30)(H,29,33)(H,31,32). The van der Waals surface area contributed by atoms with E-state index >= 15 is 0 Å². The highest BCUT2D eigenvalue weighted by molar-refractivity contribution is 5.85. The second-order valence-corrected chi connectivity index (χ2v) is 9.53. The zero-order valence-corrected chi connectivity index (χ0v) is 19.7. The number of carbonyl (C=O) groups excluding carboxylic acids is 2. The molecular formula is C27H32N2O5. The number of rotatable bonds is 9. The number of hydrogen-bond acceptors (Lipinski definition) is 4. The maximum atomic E-state index is 12.7. The van der Waals surface area contributed by atoms with Crippen LogP contribution >= 0.6 is 0 Å². The predicted molar refractivity (Wildman–Crippen MR) is 128 cm³/mol. The minimum Gasteiger partial charge on any atom is -0.480 e. The van der Waals surface area contributed by atoms with E-state index in [0.29, 0.717) is 19.3 Å². The number of amides is 2. The van der Waals surface area contributed by atoms with Gasteiger partial charge < -0.3 is 20.5 Å². The number of fused-ring (bicyclic) bond motifs is 3. The van der Waals surface area contributed by atoms with Crippen LogP contribution in [0.3, 0.4) is 0 Å². The summed E-state index contributed by atoms with van der Waals surface area (Å²) in [7, 11) is 0. The fraction of sp³-hybridized carbons (Fsp3) is 0.444. The number of aliphatic carboxylic acids is 1. The maximum absolute atomic E-state index is 12.7. The van der Waals surface area contributed by atoms with Crippen molar-refractivity contribution in [1.29, 1.82) is 0 Å². The van der Waals surface area contributed by atoms with Gasteiger partial charge in [0.05, 0.1) is 5.54 Å². The molecule has 0 saturated heterocycles. The van der Waals surface area contributed by atoms with Crippen molar-refractivity contribution < 1.29 is 24.2 Å². The lowest BCUT2D eigenvalue weighted by molar-refractivity contribution is -0.143. The van der Waals surface area contributed by atoms with E-state index in [-0.39, 0.29) is 30.8 Å². The van der Waals surface area contributed by atoms with Crippen molar-refractivity contribution in [2.24, 2.45) is 5.92 Å². The fourth-order valence-corrected chi connectivity index (χ4v) is 5.02. The van der Waals surface area contributed by atoms with Gasteiger partial charge in [-0.05, 0) is 47.4 Å². The summed E-state index contributed by atoms with van der Waals surface area (Å²) in [6, 6.07) is 15.3. The molecule has 1 saturated carbocycles. The van der Waals surface area contributed by atoms with E-state index in [4.69, 9.17) is 4.74 Å². The van der Waals surface area contributed by atoms with Gasteiger partial charge in [0.15, 0.2) is 0 Å². The van der Waals surface area contributed by atoms with Crippen molar-refractivity contribution in [1.82, 2.24) is 10.6 Å². The lowest BCUT2D eigenvalue weighted by Crippen LogP contribution is -2.57. The molecular weight excluding hydrogens is 432 g/mol. The monoisotopic (exact) mass is 464 g/mol. The Morgan fingerprint density at radius 3 is 2.15 bits per heavy atom. The Morgan fingerprint density at radius 1 is 1.06 bits per heavy atom. The zero-order chi connectivity index (χ0) is 24.3. The number of carboxylic acid groups (broad SMARTS) is 1. The van der Waals surface area contributed by atoms with Crippen molar-refractivity contribution in [3.05, 3.63) is 59.7 Å².